The fourth-order valence-electron chi connectivity index (χ4n) is 2.76. The highest BCUT2D eigenvalue weighted by Crippen LogP contribution is 2.11. The van der Waals surface area contributed by atoms with Gasteiger partial charge in [-0.25, -0.2) is 5.43 Å². The summed E-state index contributed by atoms with van der Waals surface area (Å²) in [6, 6.07) is 5.77. The van der Waals surface area contributed by atoms with Crippen molar-refractivity contribution in [1.82, 2.24) is 10.7 Å². The molecular weight excluding hydrogens is 372 g/mol. The summed E-state index contributed by atoms with van der Waals surface area (Å²) in [7, 11) is 0. The number of nitrogens with one attached hydrogen (secondary N) is 2. The van der Waals surface area contributed by atoms with Crippen LogP contribution < -0.4 is 10.7 Å². The summed E-state index contributed by atoms with van der Waals surface area (Å²) < 4.78 is 0. The molecule has 29 heavy (non-hydrogen) atoms. The summed E-state index contributed by atoms with van der Waals surface area (Å²) >= 11 is 0. The molecular formula is C21H32N4O4. The lowest BCUT2D eigenvalue weighted by molar-refractivity contribution is -0.384. The van der Waals surface area contributed by atoms with Crippen LogP contribution in [-0.4, -0.2) is 29.5 Å². The summed E-state index contributed by atoms with van der Waals surface area (Å²) in [4.78, 5) is 33.5. The number of hydrazone groups is 1. The molecule has 1 aromatic carbocycles. The molecule has 8 heteroatoms. The Hall–Kier alpha value is -2.77. The van der Waals surface area contributed by atoms with Gasteiger partial charge < -0.3 is 5.32 Å². The van der Waals surface area contributed by atoms with E-state index in [4.69, 9.17) is 0 Å². The molecule has 0 spiro atoms. The maximum absolute atomic E-state index is 11.8. The van der Waals surface area contributed by atoms with Crippen LogP contribution in [0.15, 0.2) is 29.4 Å². The third-order valence-electron chi connectivity index (χ3n) is 4.46. The highest BCUT2D eigenvalue weighted by molar-refractivity contribution is 5.86. The number of rotatable bonds is 15. The lowest BCUT2D eigenvalue weighted by atomic mass is 10.1. The smallest absolute Gasteiger partial charge is 0.269 e. The van der Waals surface area contributed by atoms with Crippen LogP contribution in [0.1, 0.15) is 76.7 Å². The van der Waals surface area contributed by atoms with Gasteiger partial charge in [0.1, 0.15) is 0 Å². The van der Waals surface area contributed by atoms with Crippen molar-refractivity contribution >= 4 is 23.7 Å². The van der Waals surface area contributed by atoms with E-state index < -0.39 is 10.8 Å². The van der Waals surface area contributed by atoms with Crippen LogP contribution in [0.2, 0.25) is 0 Å². The van der Waals surface area contributed by atoms with Gasteiger partial charge in [0.2, 0.25) is 5.91 Å². The molecule has 160 valence electrons. The predicted molar refractivity (Wildman–Crippen MR) is 114 cm³/mol. The first kappa shape index (κ1) is 24.3. The number of hydrogen-bond acceptors (Lipinski definition) is 5. The number of carbonyl (C=O) groups excluding carboxylic acids is 2. The van der Waals surface area contributed by atoms with Gasteiger partial charge in [0, 0.05) is 18.6 Å². The molecule has 0 aromatic heterocycles. The van der Waals surface area contributed by atoms with Crippen molar-refractivity contribution in [3.05, 3.63) is 39.9 Å². The molecule has 0 unspecified atom stereocenters. The van der Waals surface area contributed by atoms with Crippen molar-refractivity contribution in [2.45, 2.75) is 71.1 Å². The first-order valence-corrected chi connectivity index (χ1v) is 10.4. The Morgan fingerprint density at radius 3 is 2.14 bits per heavy atom. The zero-order valence-corrected chi connectivity index (χ0v) is 17.2. The van der Waals surface area contributed by atoms with Gasteiger partial charge in [-0.3, -0.25) is 19.7 Å². The number of unbranched alkanes of at least 4 members (excludes halogenated alkanes) is 8. The molecule has 1 aromatic rings. The average Bonchev–Trinajstić information content (AvgIpc) is 2.71. The Kier molecular flexibility index (Phi) is 12.7. The largest absolute Gasteiger partial charge is 0.347 e. The minimum atomic E-state index is -0.486. The number of non-ortho nitro benzene ring substituents is 1. The number of nitro benzene ring substituents is 1. The summed E-state index contributed by atoms with van der Waals surface area (Å²) in [5, 5.41) is 16.9. The second-order valence-electron chi connectivity index (χ2n) is 7.00. The molecule has 0 atom stereocenters. The summed E-state index contributed by atoms with van der Waals surface area (Å²) in [5.41, 5.74) is 2.91. The van der Waals surface area contributed by atoms with E-state index in [0.717, 1.165) is 19.3 Å². The fraction of sp³-hybridized carbons (Fsp3) is 0.571. The molecule has 8 nitrogen and oxygen atoms in total. The average molecular weight is 405 g/mol. The van der Waals surface area contributed by atoms with Crippen LogP contribution in [-0.2, 0) is 9.59 Å². The van der Waals surface area contributed by atoms with Gasteiger partial charge in [0.05, 0.1) is 17.7 Å². The van der Waals surface area contributed by atoms with Crippen molar-refractivity contribution in [3.8, 4) is 0 Å². The van der Waals surface area contributed by atoms with Gasteiger partial charge in [0.25, 0.3) is 11.6 Å². The zero-order valence-electron chi connectivity index (χ0n) is 17.2. The van der Waals surface area contributed by atoms with E-state index in [9.17, 15) is 19.7 Å². The van der Waals surface area contributed by atoms with Crippen LogP contribution >= 0.6 is 0 Å². The predicted octanol–water partition coefficient (Wildman–Crippen LogP) is 4.08. The van der Waals surface area contributed by atoms with Gasteiger partial charge >= 0.3 is 0 Å². The first-order valence-electron chi connectivity index (χ1n) is 10.4. The maximum atomic E-state index is 11.8. The molecule has 1 rings (SSSR count). The second-order valence-corrected chi connectivity index (χ2v) is 7.00. The molecule has 0 fully saturated rings. The van der Waals surface area contributed by atoms with Gasteiger partial charge in [-0.15, -0.1) is 0 Å². The number of hydrogen-bond donors (Lipinski definition) is 2. The van der Waals surface area contributed by atoms with E-state index in [1.807, 2.05) is 0 Å². The summed E-state index contributed by atoms with van der Waals surface area (Å²) in [6.07, 6.45) is 12.5. The highest BCUT2D eigenvalue weighted by Gasteiger charge is 2.05. The van der Waals surface area contributed by atoms with Gasteiger partial charge in [-0.2, -0.15) is 5.10 Å². The number of nitrogens with zero attached hydrogens (tertiary/aromatic N) is 2. The van der Waals surface area contributed by atoms with Gasteiger partial charge in [-0.1, -0.05) is 58.3 Å². The number of amides is 2. The molecule has 2 N–H and O–H groups in total. The van der Waals surface area contributed by atoms with E-state index in [2.05, 4.69) is 22.8 Å². The van der Waals surface area contributed by atoms with E-state index in [1.54, 1.807) is 0 Å². The van der Waals surface area contributed by atoms with Crippen molar-refractivity contribution in [1.29, 1.82) is 0 Å². The molecule has 0 radical (unpaired) electrons. The molecule has 0 aliphatic carbocycles. The van der Waals surface area contributed by atoms with Crippen molar-refractivity contribution < 1.29 is 14.5 Å². The molecule has 2 amide bonds. The lowest BCUT2D eigenvalue weighted by Crippen LogP contribution is -2.34. The first-order chi connectivity index (χ1) is 14.0. The molecule has 0 saturated carbocycles. The summed E-state index contributed by atoms with van der Waals surface area (Å²) in [6.45, 7) is 2.08. The molecule has 0 saturated heterocycles. The maximum Gasteiger partial charge on any atom is 0.269 e. The minimum Gasteiger partial charge on any atom is -0.347 e. The van der Waals surface area contributed by atoms with Crippen molar-refractivity contribution in [2.24, 2.45) is 5.10 Å². The van der Waals surface area contributed by atoms with E-state index in [1.165, 1.54) is 69.0 Å². The van der Waals surface area contributed by atoms with E-state index >= 15 is 0 Å². The van der Waals surface area contributed by atoms with Crippen molar-refractivity contribution in [3.63, 3.8) is 0 Å². The minimum absolute atomic E-state index is 0.0131. The summed E-state index contributed by atoms with van der Waals surface area (Å²) in [5.74, 6) is -0.564. The quantitative estimate of drug-likeness (QED) is 0.198. The third kappa shape index (κ3) is 12.3. The number of benzene rings is 1. The third-order valence-corrected chi connectivity index (χ3v) is 4.46. The monoisotopic (exact) mass is 404 g/mol. The molecule has 0 heterocycles. The molecule has 0 aliphatic heterocycles. The highest BCUT2D eigenvalue weighted by atomic mass is 16.6. The van der Waals surface area contributed by atoms with E-state index in [0.29, 0.717) is 12.0 Å². The van der Waals surface area contributed by atoms with Gasteiger partial charge in [-0.05, 0) is 24.1 Å². The SMILES string of the molecule is CCCCCCCCCCCC(=O)NCC(=O)N/N=C/c1ccc([N+](=O)[O-])cc1. The fourth-order valence-corrected chi connectivity index (χ4v) is 2.76. The molecule has 0 aliphatic rings. The van der Waals surface area contributed by atoms with Crippen LogP contribution in [0.4, 0.5) is 5.69 Å². The Bertz CT molecular complexity index is 659. The van der Waals surface area contributed by atoms with Crippen LogP contribution in [0, 0.1) is 10.1 Å². The second kappa shape index (κ2) is 15.2. The Morgan fingerprint density at radius 1 is 0.966 bits per heavy atom. The number of carbonyl (C=O) groups is 2. The van der Waals surface area contributed by atoms with Gasteiger partial charge in [0.15, 0.2) is 0 Å². The van der Waals surface area contributed by atoms with Crippen molar-refractivity contribution in [2.75, 3.05) is 6.54 Å². The van der Waals surface area contributed by atoms with E-state index in [-0.39, 0.29) is 18.1 Å². The topological polar surface area (TPSA) is 114 Å². The Morgan fingerprint density at radius 2 is 1.55 bits per heavy atom. The molecule has 0 bridgehead atoms. The zero-order chi connectivity index (χ0) is 21.3. The standard InChI is InChI=1S/C21H32N4O4/c1-2-3-4-5-6-7-8-9-10-11-20(26)22-17-21(27)24-23-16-18-12-14-19(15-13-18)25(28)29/h12-16H,2-11,17H2,1H3,(H,22,26)(H,24,27)/b23-16+. The normalized spacial score (nSPS) is 10.8. The Balaban J connectivity index is 2.07. The van der Waals surface area contributed by atoms with Crippen LogP contribution in [0.25, 0.3) is 0 Å². The van der Waals surface area contributed by atoms with Crippen LogP contribution in [0.3, 0.4) is 0 Å². The lowest BCUT2D eigenvalue weighted by Gasteiger charge is -2.04. The van der Waals surface area contributed by atoms with Crippen LogP contribution in [0.5, 0.6) is 0 Å². The number of nitro groups is 1. The Labute approximate surface area is 172 Å².